The molecule has 5 aliphatic rings. The molecule has 5 heteroatoms. The molecule has 5 nitrogen and oxygen atoms in total. The van der Waals surface area contributed by atoms with E-state index in [1.54, 1.807) is 4.68 Å². The number of ketones is 1. The summed E-state index contributed by atoms with van der Waals surface area (Å²) >= 11 is 0. The van der Waals surface area contributed by atoms with Crippen molar-refractivity contribution in [1.82, 2.24) is 15.0 Å². The lowest BCUT2D eigenvalue weighted by Crippen LogP contribution is -2.14. The predicted molar refractivity (Wildman–Crippen MR) is 119 cm³/mol. The smallest absolute Gasteiger partial charge is 0.184 e. The molecule has 8 rings (SSSR count). The first-order valence-electron chi connectivity index (χ1n) is 11.5. The van der Waals surface area contributed by atoms with Gasteiger partial charge in [0, 0.05) is 5.56 Å². The molecular weight excluding hydrogens is 386 g/mol. The van der Waals surface area contributed by atoms with Crippen LogP contribution in [-0.2, 0) is 43.6 Å². The molecule has 0 radical (unpaired) electrons. The first kappa shape index (κ1) is 20.1. The Morgan fingerprint density at radius 1 is 0.935 bits per heavy atom. The van der Waals surface area contributed by atoms with Gasteiger partial charge in [0.15, 0.2) is 5.78 Å². The Balaban J connectivity index is 1.29. The molecule has 4 bridgehead atoms. The van der Waals surface area contributed by atoms with Crippen LogP contribution in [0.5, 0.6) is 0 Å². The fraction of sp³-hybridized carbons (Fsp3) is 0.423. The number of aromatic nitrogens is 3. The Bertz CT molecular complexity index is 1050. The Morgan fingerprint density at radius 2 is 1.61 bits per heavy atom. The third-order valence-electron chi connectivity index (χ3n) is 6.54. The van der Waals surface area contributed by atoms with E-state index in [-0.39, 0.29) is 12.3 Å². The summed E-state index contributed by atoms with van der Waals surface area (Å²) in [5.41, 5.74) is 6.60. The monoisotopic (exact) mass is 415 g/mol. The predicted octanol–water partition coefficient (Wildman–Crippen LogP) is 4.50. The van der Waals surface area contributed by atoms with Gasteiger partial charge in [-0.25, -0.2) is 4.68 Å². The van der Waals surface area contributed by atoms with E-state index in [9.17, 15) is 4.79 Å². The van der Waals surface area contributed by atoms with Gasteiger partial charge in [0.25, 0.3) is 0 Å². The molecule has 1 saturated carbocycles. The maximum Gasteiger partial charge on any atom is 0.184 e. The zero-order valence-electron chi connectivity index (χ0n) is 17.9. The highest BCUT2D eigenvalue weighted by atomic mass is 16.5. The van der Waals surface area contributed by atoms with Crippen molar-refractivity contribution < 1.29 is 9.53 Å². The van der Waals surface area contributed by atoms with Crippen LogP contribution in [0.1, 0.15) is 64.0 Å². The van der Waals surface area contributed by atoms with Crippen LogP contribution in [0, 0.1) is 0 Å². The van der Waals surface area contributed by atoms with E-state index < -0.39 is 0 Å². The van der Waals surface area contributed by atoms with Crippen LogP contribution in [0.4, 0.5) is 0 Å². The number of hydrogen-bond acceptors (Lipinski definition) is 4. The zero-order chi connectivity index (χ0) is 21.0. The van der Waals surface area contributed by atoms with Gasteiger partial charge in [0.05, 0.1) is 18.9 Å². The summed E-state index contributed by atoms with van der Waals surface area (Å²) in [6.07, 6.45) is 10.7. The van der Waals surface area contributed by atoms with Crippen LogP contribution >= 0.6 is 0 Å². The first-order chi connectivity index (χ1) is 15.2. The third kappa shape index (κ3) is 4.93. The van der Waals surface area contributed by atoms with E-state index in [4.69, 9.17) is 4.74 Å². The molecule has 5 aliphatic carbocycles. The summed E-state index contributed by atoms with van der Waals surface area (Å²) in [6, 6.07) is 15.3. The van der Waals surface area contributed by atoms with Crippen LogP contribution in [0.2, 0.25) is 0 Å². The molecule has 0 atom stereocenters. The Labute approximate surface area is 183 Å². The second-order valence-electron chi connectivity index (χ2n) is 8.86. The van der Waals surface area contributed by atoms with Gasteiger partial charge in [0.1, 0.15) is 12.2 Å². The van der Waals surface area contributed by atoms with Gasteiger partial charge in [-0.3, -0.25) is 4.79 Å². The molecule has 31 heavy (non-hydrogen) atoms. The number of hydrogen-bond donors (Lipinski definition) is 0. The van der Waals surface area contributed by atoms with Crippen molar-refractivity contribution in [3.63, 3.8) is 0 Å². The van der Waals surface area contributed by atoms with Gasteiger partial charge in [-0.05, 0) is 66.8 Å². The Kier molecular flexibility index (Phi) is 5.94. The van der Waals surface area contributed by atoms with Gasteiger partial charge in [-0.15, -0.1) is 5.10 Å². The van der Waals surface area contributed by atoms with Gasteiger partial charge in [0.2, 0.25) is 0 Å². The van der Waals surface area contributed by atoms with Gasteiger partial charge in [-0.2, -0.15) is 0 Å². The minimum Gasteiger partial charge on any atom is -0.372 e. The molecule has 0 spiro atoms. The van der Waals surface area contributed by atoms with Crippen molar-refractivity contribution in [2.75, 3.05) is 0 Å². The molecule has 0 aliphatic heterocycles. The summed E-state index contributed by atoms with van der Waals surface area (Å²) in [4.78, 5) is 13.2. The average molecular weight is 416 g/mol. The minimum absolute atomic E-state index is 0.0935. The SMILES string of the molecule is O=C(Cn1cc(COC2CCCC2)nn1)c1cc2ccc1CCc1ccc(cc1)CC2. The molecule has 1 aromatic heterocycles. The summed E-state index contributed by atoms with van der Waals surface area (Å²) in [5, 5.41) is 8.37. The molecule has 1 fully saturated rings. The molecule has 0 unspecified atom stereocenters. The number of carbonyl (C=O) groups excluding carboxylic acids is 1. The first-order valence-corrected chi connectivity index (χ1v) is 11.5. The molecule has 1 heterocycles. The van der Waals surface area contributed by atoms with Gasteiger partial charge >= 0.3 is 0 Å². The van der Waals surface area contributed by atoms with Crippen molar-refractivity contribution in [1.29, 1.82) is 0 Å². The lowest BCUT2D eigenvalue weighted by atomic mass is 9.92. The normalized spacial score (nSPS) is 16.4. The maximum atomic E-state index is 13.2. The second kappa shape index (κ2) is 9.15. The molecule has 3 aromatic rings. The highest BCUT2D eigenvalue weighted by molar-refractivity contribution is 5.97. The second-order valence-corrected chi connectivity index (χ2v) is 8.86. The number of aryl methyl sites for hydroxylation is 4. The molecule has 0 amide bonds. The van der Waals surface area contributed by atoms with E-state index in [2.05, 4.69) is 52.8 Å². The van der Waals surface area contributed by atoms with E-state index in [0.717, 1.165) is 55.3 Å². The van der Waals surface area contributed by atoms with Crippen LogP contribution in [0.25, 0.3) is 0 Å². The fourth-order valence-corrected chi connectivity index (χ4v) is 4.67. The number of Topliss-reactive ketones (excluding diaryl/α,β-unsaturated/α-hetero) is 1. The van der Waals surface area contributed by atoms with Crippen LogP contribution in [0.3, 0.4) is 0 Å². The fourth-order valence-electron chi connectivity index (χ4n) is 4.67. The third-order valence-corrected chi connectivity index (χ3v) is 6.54. The number of carbonyl (C=O) groups is 1. The Morgan fingerprint density at radius 3 is 2.39 bits per heavy atom. The Hall–Kier alpha value is -2.79. The van der Waals surface area contributed by atoms with Crippen molar-refractivity contribution in [3.05, 3.63) is 82.2 Å². The van der Waals surface area contributed by atoms with Crippen molar-refractivity contribution in [3.8, 4) is 0 Å². The van der Waals surface area contributed by atoms with E-state index in [0.29, 0.717) is 12.7 Å². The molecule has 2 aromatic carbocycles. The van der Waals surface area contributed by atoms with Crippen LogP contribution in [-0.4, -0.2) is 26.9 Å². The molecule has 0 saturated heterocycles. The minimum atomic E-state index is 0.0935. The van der Waals surface area contributed by atoms with Crippen molar-refractivity contribution >= 4 is 5.78 Å². The summed E-state index contributed by atoms with van der Waals surface area (Å²) < 4.78 is 7.57. The van der Waals surface area contributed by atoms with E-state index in [1.165, 1.54) is 29.5 Å². The highest BCUT2D eigenvalue weighted by Crippen LogP contribution is 2.22. The van der Waals surface area contributed by atoms with Crippen molar-refractivity contribution in [2.24, 2.45) is 0 Å². The number of benzene rings is 2. The van der Waals surface area contributed by atoms with Crippen molar-refractivity contribution in [2.45, 2.75) is 70.6 Å². The van der Waals surface area contributed by atoms with Crippen LogP contribution < -0.4 is 0 Å². The number of nitrogens with zero attached hydrogens (tertiary/aromatic N) is 3. The summed E-state index contributed by atoms with van der Waals surface area (Å²) in [7, 11) is 0. The lowest BCUT2D eigenvalue weighted by Gasteiger charge is -2.14. The quantitative estimate of drug-likeness (QED) is 0.556. The average Bonchev–Trinajstić information content (AvgIpc) is 3.46. The van der Waals surface area contributed by atoms with E-state index >= 15 is 0 Å². The summed E-state index contributed by atoms with van der Waals surface area (Å²) in [5.74, 6) is 0.0935. The van der Waals surface area contributed by atoms with E-state index in [1.807, 2.05) is 6.20 Å². The summed E-state index contributed by atoms with van der Waals surface area (Å²) in [6.45, 7) is 0.679. The lowest BCUT2D eigenvalue weighted by molar-refractivity contribution is 0.0437. The topological polar surface area (TPSA) is 57.0 Å². The van der Waals surface area contributed by atoms with Crippen LogP contribution in [0.15, 0.2) is 48.7 Å². The highest BCUT2D eigenvalue weighted by Gasteiger charge is 2.18. The largest absolute Gasteiger partial charge is 0.372 e. The number of ether oxygens (including phenoxy) is 1. The van der Waals surface area contributed by atoms with Gasteiger partial charge in [-0.1, -0.05) is 54.5 Å². The van der Waals surface area contributed by atoms with Gasteiger partial charge < -0.3 is 4.74 Å². The number of rotatable bonds is 6. The molecular formula is C26H29N3O2. The standard InChI is InChI=1S/C26H29N3O2/c30-26(17-29-16-23(27-28-29)18-31-24-3-1-2-4-24)25-15-21-10-9-19-5-7-20(8-6-19)11-13-22(25)14-12-21/h5-8,12,14-16,24H,1-4,9-11,13,17-18H2. The zero-order valence-corrected chi connectivity index (χ0v) is 17.9. The maximum absolute atomic E-state index is 13.2. The molecule has 0 N–H and O–H groups in total. The molecule has 160 valence electrons.